The van der Waals surface area contributed by atoms with E-state index in [0.717, 1.165) is 0 Å². The Morgan fingerprint density at radius 1 is 1.40 bits per heavy atom. The van der Waals surface area contributed by atoms with Crippen molar-refractivity contribution >= 4 is 17.4 Å². The van der Waals surface area contributed by atoms with Crippen LogP contribution >= 0.6 is 11.6 Å². The summed E-state index contributed by atoms with van der Waals surface area (Å²) < 4.78 is 4.84. The Balaban J connectivity index is 1.83. The summed E-state index contributed by atoms with van der Waals surface area (Å²) in [5.41, 5.74) is 0. The molecule has 0 aliphatic heterocycles. The molecule has 6 nitrogen and oxygen atoms in total. The molecule has 2 heterocycles. The molecule has 0 saturated carbocycles. The van der Waals surface area contributed by atoms with Crippen LogP contribution < -0.4 is 5.32 Å². The van der Waals surface area contributed by atoms with Gasteiger partial charge in [-0.25, -0.2) is 9.97 Å². The Morgan fingerprint density at radius 2 is 2.33 bits per heavy atom. The normalized spacial score (nSPS) is 10.2. The van der Waals surface area contributed by atoms with Gasteiger partial charge in [0.1, 0.15) is 5.82 Å². The maximum atomic E-state index is 5.62. The molecule has 0 saturated heterocycles. The highest BCUT2D eigenvalue weighted by molar-refractivity contribution is 6.28. The third kappa shape index (κ3) is 2.88. The molecular formula is C8H8ClN5O. The summed E-state index contributed by atoms with van der Waals surface area (Å²) in [6.07, 6.45) is 3.60. The Morgan fingerprint density at radius 3 is 3.07 bits per heavy atom. The molecule has 0 unspecified atom stereocenters. The molecule has 0 spiro atoms. The molecule has 0 fully saturated rings. The lowest BCUT2D eigenvalue weighted by atomic mass is 10.4. The second-order valence-corrected chi connectivity index (χ2v) is 3.06. The second-order valence-electron chi connectivity index (χ2n) is 2.72. The highest BCUT2D eigenvalue weighted by Gasteiger charge is 1.99. The van der Waals surface area contributed by atoms with Gasteiger partial charge >= 0.3 is 0 Å². The van der Waals surface area contributed by atoms with Gasteiger partial charge in [0.05, 0.1) is 0 Å². The van der Waals surface area contributed by atoms with E-state index in [-0.39, 0.29) is 5.28 Å². The molecule has 0 amide bonds. The highest BCUT2D eigenvalue weighted by atomic mass is 35.5. The first-order valence-electron chi connectivity index (χ1n) is 4.32. The molecule has 15 heavy (non-hydrogen) atoms. The summed E-state index contributed by atoms with van der Waals surface area (Å²) in [5, 5.41) is 6.78. The van der Waals surface area contributed by atoms with Crippen molar-refractivity contribution in [3.8, 4) is 0 Å². The lowest BCUT2D eigenvalue weighted by molar-refractivity contribution is 0.379. The zero-order valence-corrected chi connectivity index (χ0v) is 8.48. The van der Waals surface area contributed by atoms with Crippen LogP contribution in [-0.2, 0) is 6.42 Å². The van der Waals surface area contributed by atoms with E-state index >= 15 is 0 Å². The third-order valence-corrected chi connectivity index (χ3v) is 1.86. The first-order chi connectivity index (χ1) is 7.34. The van der Waals surface area contributed by atoms with Crippen LogP contribution in [0.4, 0.5) is 5.82 Å². The SMILES string of the molecule is Clc1nccc(NCCc2ncno2)n1. The molecular weight excluding hydrogens is 218 g/mol. The van der Waals surface area contributed by atoms with E-state index in [9.17, 15) is 0 Å². The van der Waals surface area contributed by atoms with Crippen LogP contribution in [-0.4, -0.2) is 26.7 Å². The van der Waals surface area contributed by atoms with Gasteiger partial charge in [-0.05, 0) is 17.7 Å². The maximum Gasteiger partial charge on any atom is 0.228 e. The van der Waals surface area contributed by atoms with Crippen molar-refractivity contribution in [2.75, 3.05) is 11.9 Å². The van der Waals surface area contributed by atoms with Crippen molar-refractivity contribution in [1.29, 1.82) is 0 Å². The van der Waals surface area contributed by atoms with Gasteiger partial charge < -0.3 is 9.84 Å². The molecule has 0 bridgehead atoms. The Kier molecular flexibility index (Phi) is 3.08. The zero-order chi connectivity index (χ0) is 10.5. The van der Waals surface area contributed by atoms with Crippen molar-refractivity contribution in [3.05, 3.63) is 29.8 Å². The number of nitrogens with one attached hydrogen (secondary N) is 1. The molecule has 2 aromatic heterocycles. The summed E-state index contributed by atoms with van der Waals surface area (Å²) >= 11 is 5.62. The second kappa shape index (κ2) is 4.70. The lowest BCUT2D eigenvalue weighted by Crippen LogP contribution is -2.06. The first-order valence-corrected chi connectivity index (χ1v) is 4.70. The number of rotatable bonds is 4. The molecule has 2 rings (SSSR count). The van der Waals surface area contributed by atoms with Gasteiger partial charge in [-0.15, -0.1) is 0 Å². The van der Waals surface area contributed by atoms with Crippen molar-refractivity contribution in [3.63, 3.8) is 0 Å². The Bertz CT molecular complexity index is 419. The number of hydrogen-bond donors (Lipinski definition) is 1. The van der Waals surface area contributed by atoms with E-state index in [1.807, 2.05) is 0 Å². The van der Waals surface area contributed by atoms with E-state index in [0.29, 0.717) is 24.7 Å². The highest BCUT2D eigenvalue weighted by Crippen LogP contribution is 2.05. The van der Waals surface area contributed by atoms with Gasteiger partial charge in [-0.1, -0.05) is 5.16 Å². The van der Waals surface area contributed by atoms with Gasteiger partial charge in [0.25, 0.3) is 0 Å². The quantitative estimate of drug-likeness (QED) is 0.787. The summed E-state index contributed by atoms with van der Waals surface area (Å²) in [4.78, 5) is 11.6. The van der Waals surface area contributed by atoms with E-state index in [1.54, 1.807) is 12.3 Å². The number of anilines is 1. The number of nitrogens with zero attached hydrogens (tertiary/aromatic N) is 4. The molecule has 0 aliphatic carbocycles. The fraction of sp³-hybridized carbons (Fsp3) is 0.250. The van der Waals surface area contributed by atoms with Gasteiger partial charge in [-0.3, -0.25) is 0 Å². The van der Waals surface area contributed by atoms with Crippen LogP contribution in [0.25, 0.3) is 0 Å². The lowest BCUT2D eigenvalue weighted by Gasteiger charge is -2.02. The molecule has 2 aromatic rings. The molecule has 0 atom stereocenters. The predicted octanol–water partition coefficient (Wildman–Crippen LogP) is 1.17. The zero-order valence-electron chi connectivity index (χ0n) is 7.72. The van der Waals surface area contributed by atoms with E-state index in [2.05, 4.69) is 25.4 Å². The molecule has 0 radical (unpaired) electrons. The Labute approximate surface area is 90.7 Å². The number of halogens is 1. The van der Waals surface area contributed by atoms with E-state index in [1.165, 1.54) is 6.33 Å². The molecule has 0 aliphatic rings. The monoisotopic (exact) mass is 225 g/mol. The smallest absolute Gasteiger partial charge is 0.228 e. The standard InChI is InChI=1S/C8H8ClN5O/c9-8-11-3-1-6(14-8)10-4-2-7-12-5-13-15-7/h1,3,5H,2,4H2,(H,10,11,14). The minimum atomic E-state index is 0.220. The summed E-state index contributed by atoms with van der Waals surface area (Å²) in [6.45, 7) is 0.648. The molecule has 1 N–H and O–H groups in total. The Hall–Kier alpha value is -1.69. The minimum absolute atomic E-state index is 0.220. The van der Waals surface area contributed by atoms with Gasteiger partial charge in [-0.2, -0.15) is 4.98 Å². The minimum Gasteiger partial charge on any atom is -0.369 e. The van der Waals surface area contributed by atoms with Crippen molar-refractivity contribution in [1.82, 2.24) is 20.1 Å². The molecule has 78 valence electrons. The summed E-state index contributed by atoms with van der Waals surface area (Å²) in [5.74, 6) is 1.26. The third-order valence-electron chi connectivity index (χ3n) is 1.68. The maximum absolute atomic E-state index is 5.62. The summed E-state index contributed by atoms with van der Waals surface area (Å²) in [7, 11) is 0. The van der Waals surface area contributed by atoms with Crippen LogP contribution in [0.2, 0.25) is 5.28 Å². The van der Waals surface area contributed by atoms with Crippen molar-refractivity contribution in [2.24, 2.45) is 0 Å². The number of hydrogen-bond acceptors (Lipinski definition) is 6. The topological polar surface area (TPSA) is 76.7 Å². The first kappa shape index (κ1) is 9.85. The van der Waals surface area contributed by atoms with Crippen LogP contribution in [0, 0.1) is 0 Å². The fourth-order valence-corrected chi connectivity index (χ4v) is 1.18. The van der Waals surface area contributed by atoms with E-state index in [4.69, 9.17) is 16.1 Å². The van der Waals surface area contributed by atoms with Gasteiger partial charge in [0, 0.05) is 19.2 Å². The molecule has 7 heteroatoms. The number of aromatic nitrogens is 4. The average Bonchev–Trinajstić information content (AvgIpc) is 2.71. The van der Waals surface area contributed by atoms with Crippen LogP contribution in [0.1, 0.15) is 5.89 Å². The average molecular weight is 226 g/mol. The summed E-state index contributed by atoms with van der Waals surface area (Å²) in [6, 6.07) is 1.74. The van der Waals surface area contributed by atoms with Gasteiger partial charge in [0.2, 0.25) is 11.2 Å². The van der Waals surface area contributed by atoms with E-state index < -0.39 is 0 Å². The van der Waals surface area contributed by atoms with Crippen LogP contribution in [0.3, 0.4) is 0 Å². The van der Waals surface area contributed by atoms with Crippen molar-refractivity contribution in [2.45, 2.75) is 6.42 Å². The van der Waals surface area contributed by atoms with Crippen molar-refractivity contribution < 1.29 is 4.52 Å². The van der Waals surface area contributed by atoms with Gasteiger partial charge in [0.15, 0.2) is 6.33 Å². The fourth-order valence-electron chi connectivity index (χ4n) is 1.04. The van der Waals surface area contributed by atoms with Crippen LogP contribution in [0.15, 0.2) is 23.1 Å². The predicted molar refractivity (Wildman–Crippen MR) is 53.5 cm³/mol. The molecule has 0 aromatic carbocycles. The largest absolute Gasteiger partial charge is 0.369 e. The van der Waals surface area contributed by atoms with Crippen LogP contribution in [0.5, 0.6) is 0 Å².